The second-order valence-electron chi connectivity index (χ2n) is 13.9. The Labute approximate surface area is 327 Å². The van der Waals surface area contributed by atoms with E-state index in [4.69, 9.17) is 60.9 Å². The van der Waals surface area contributed by atoms with Crippen molar-refractivity contribution in [3.05, 3.63) is 205 Å². The number of fused-ring (bicyclic) bond motifs is 1. The van der Waals surface area contributed by atoms with Crippen LogP contribution in [0, 0.1) is 5.41 Å². The minimum Gasteiger partial charge on any atom is -0.314 e. The summed E-state index contributed by atoms with van der Waals surface area (Å²) in [5.41, 5.74) is 1.42. The molecule has 6 aromatic rings. The number of hydrogen-bond acceptors (Lipinski definition) is 5. The Kier molecular flexibility index (Phi) is 8.48. The lowest BCUT2D eigenvalue weighted by Crippen LogP contribution is -2.70. The molecule has 2 saturated heterocycles. The molecule has 9 heteroatoms. The normalized spacial score (nSPS) is 22.5. The van der Waals surface area contributed by atoms with Gasteiger partial charge in [0, 0.05) is 45.0 Å². The van der Waals surface area contributed by atoms with Crippen molar-refractivity contribution >= 4 is 57.9 Å². The highest BCUT2D eigenvalue weighted by Crippen LogP contribution is 2.70. The fourth-order valence-corrected chi connectivity index (χ4v) is 9.03. The molecule has 264 valence electrons. The fraction of sp³-hybridized carbons (Fsp3) is 0.159. The van der Waals surface area contributed by atoms with Crippen molar-refractivity contribution < 1.29 is 19.3 Å². The van der Waals surface area contributed by atoms with Gasteiger partial charge in [0.2, 0.25) is 0 Å². The molecule has 3 aliphatic rings. The second-order valence-corrected chi connectivity index (χ2v) is 15.6. The number of hydrogen-bond donors (Lipinski definition) is 0. The van der Waals surface area contributed by atoms with Crippen molar-refractivity contribution in [1.82, 2.24) is 0 Å². The van der Waals surface area contributed by atoms with Crippen LogP contribution in [0.4, 0.5) is 5.69 Å². The molecule has 2 unspecified atom stereocenters. The van der Waals surface area contributed by atoms with E-state index in [2.05, 4.69) is 4.90 Å². The van der Waals surface area contributed by atoms with Crippen molar-refractivity contribution in [1.29, 1.82) is 0 Å². The molecule has 5 nitrogen and oxygen atoms in total. The summed E-state index contributed by atoms with van der Waals surface area (Å²) in [6.45, 7) is 0.350. The summed E-state index contributed by atoms with van der Waals surface area (Å²) in [6, 6.07) is 47.7. The van der Waals surface area contributed by atoms with Crippen molar-refractivity contribution in [2.45, 2.75) is 36.5 Å². The van der Waals surface area contributed by atoms with Gasteiger partial charge in [-0.2, -0.15) is 4.89 Å². The van der Waals surface area contributed by atoms with Gasteiger partial charge in [-0.1, -0.05) is 137 Å². The van der Waals surface area contributed by atoms with E-state index < -0.39 is 22.5 Å². The van der Waals surface area contributed by atoms with E-state index in [1.807, 2.05) is 152 Å². The summed E-state index contributed by atoms with van der Waals surface area (Å²) in [4.78, 5) is 31.8. The Balaban J connectivity index is 1.36. The molecular formula is C44H31Cl4NO4. The van der Waals surface area contributed by atoms with E-state index >= 15 is 4.79 Å². The first-order valence-electron chi connectivity index (χ1n) is 17.2. The number of benzene rings is 6. The zero-order valence-corrected chi connectivity index (χ0v) is 31.2. The lowest BCUT2D eigenvalue weighted by Gasteiger charge is -2.58. The molecule has 0 radical (unpaired) electrons. The zero-order valence-electron chi connectivity index (χ0n) is 28.1. The average molecular weight is 780 g/mol. The molecule has 0 bridgehead atoms. The van der Waals surface area contributed by atoms with Gasteiger partial charge in [0.25, 0.3) is 5.91 Å². The molecule has 2 fully saturated rings. The van der Waals surface area contributed by atoms with E-state index in [9.17, 15) is 0 Å². The van der Waals surface area contributed by atoms with E-state index in [0.29, 0.717) is 37.9 Å². The highest BCUT2D eigenvalue weighted by atomic mass is 35.5. The van der Waals surface area contributed by atoms with Crippen molar-refractivity contribution in [2.24, 2.45) is 5.41 Å². The summed E-state index contributed by atoms with van der Waals surface area (Å²) < 4.78 is 7.63. The molecule has 9 rings (SSSR count). The van der Waals surface area contributed by atoms with Gasteiger partial charge in [0.15, 0.2) is 11.4 Å². The molecule has 6 aromatic carbocycles. The van der Waals surface area contributed by atoms with E-state index in [1.54, 1.807) is 0 Å². The number of carbonyl (C=O) groups is 1. The smallest absolute Gasteiger partial charge is 0.296 e. The molecule has 0 amide bonds. The third kappa shape index (κ3) is 5.37. The molecular weight excluding hydrogens is 748 g/mol. The van der Waals surface area contributed by atoms with E-state index in [1.165, 1.54) is 0 Å². The number of carbonyl (C=O) groups excluding carboxylic acids is 1. The standard InChI is InChI=1S/C44H31Cl4NO4/c45-34-18-10-30(11-19-34)42(31-12-20-35(46)21-13-31)27-41-28-43(32-14-22-36(47)23-15-32,33-16-24-37(48)25-17-33)52-53-44(41,51-42)49(26-29-6-2-1-3-7-29)39-9-5-4-8-38(39)40(41)50/h1-25H,26-28H2. The van der Waals surface area contributed by atoms with Crippen LogP contribution in [-0.2, 0) is 32.3 Å². The summed E-state index contributed by atoms with van der Waals surface area (Å²) in [6.07, 6.45) is 0.332. The fourth-order valence-electron chi connectivity index (χ4n) is 8.53. The number of halogens is 4. The number of nitrogens with zero attached hydrogens (tertiary/aromatic N) is 1. The maximum atomic E-state index is 15.8. The van der Waals surface area contributed by atoms with Crippen LogP contribution in [0.25, 0.3) is 0 Å². The Morgan fingerprint density at radius 1 is 0.509 bits per heavy atom. The Morgan fingerprint density at radius 2 is 0.943 bits per heavy atom. The van der Waals surface area contributed by atoms with Gasteiger partial charge in [0.1, 0.15) is 11.0 Å². The predicted octanol–water partition coefficient (Wildman–Crippen LogP) is 11.8. The third-order valence-electron chi connectivity index (χ3n) is 11.0. The molecule has 0 saturated carbocycles. The minimum absolute atomic E-state index is 0.113. The molecule has 0 N–H and O–H groups in total. The summed E-state index contributed by atoms with van der Waals surface area (Å²) in [5.74, 6) is -1.88. The Hall–Kier alpha value is -4.17. The molecule has 0 spiro atoms. The van der Waals surface area contributed by atoms with Gasteiger partial charge in [-0.3, -0.25) is 4.79 Å². The van der Waals surface area contributed by atoms with Crippen LogP contribution in [0.2, 0.25) is 20.1 Å². The monoisotopic (exact) mass is 777 g/mol. The lowest BCUT2D eigenvalue weighted by molar-refractivity contribution is -0.506. The topological polar surface area (TPSA) is 48.0 Å². The van der Waals surface area contributed by atoms with Crippen LogP contribution in [-0.4, -0.2) is 11.7 Å². The number of rotatable bonds is 6. The maximum Gasteiger partial charge on any atom is 0.296 e. The largest absolute Gasteiger partial charge is 0.314 e. The molecule has 2 atom stereocenters. The molecule has 53 heavy (non-hydrogen) atoms. The number of Topliss-reactive ketones (excluding diaryl/α,β-unsaturated/α-hetero) is 1. The first kappa shape index (κ1) is 34.6. The quantitative estimate of drug-likeness (QED) is 0.158. The van der Waals surface area contributed by atoms with Crippen LogP contribution in [0.3, 0.4) is 0 Å². The van der Waals surface area contributed by atoms with Gasteiger partial charge in [-0.25, -0.2) is 4.89 Å². The van der Waals surface area contributed by atoms with Gasteiger partial charge in [0.05, 0.1) is 5.69 Å². The van der Waals surface area contributed by atoms with Crippen molar-refractivity contribution in [3.63, 3.8) is 0 Å². The number of anilines is 1. The first-order valence-corrected chi connectivity index (χ1v) is 18.8. The van der Waals surface area contributed by atoms with E-state index in [-0.39, 0.29) is 18.6 Å². The van der Waals surface area contributed by atoms with Gasteiger partial charge < -0.3 is 9.64 Å². The summed E-state index contributed by atoms with van der Waals surface area (Å²) in [5, 5.41) is 2.27. The van der Waals surface area contributed by atoms with Crippen LogP contribution in [0.5, 0.6) is 0 Å². The minimum atomic E-state index is -1.77. The highest BCUT2D eigenvalue weighted by Gasteiger charge is 2.79. The van der Waals surface area contributed by atoms with Gasteiger partial charge >= 0.3 is 0 Å². The second kappa shape index (κ2) is 13.0. The number of ether oxygens (including phenoxy) is 1. The SMILES string of the molecule is O=C1c2ccccc2N(Cc2ccccc2)C23OOC(c4ccc(Cl)cc4)(c4ccc(Cl)cc4)CC12CC(c1ccc(Cl)cc1)(c1ccc(Cl)cc1)O3. The van der Waals surface area contributed by atoms with Gasteiger partial charge in [-0.05, 0) is 88.5 Å². The maximum absolute atomic E-state index is 15.8. The Bertz CT molecular complexity index is 2230. The Morgan fingerprint density at radius 3 is 1.45 bits per heavy atom. The molecule has 3 aliphatic heterocycles. The third-order valence-corrected chi connectivity index (χ3v) is 12.0. The van der Waals surface area contributed by atoms with Crippen molar-refractivity contribution in [2.75, 3.05) is 4.90 Å². The van der Waals surface area contributed by atoms with Gasteiger partial charge in [-0.15, -0.1) is 0 Å². The number of para-hydroxylation sites is 1. The summed E-state index contributed by atoms with van der Waals surface area (Å²) in [7, 11) is 0. The molecule has 0 aliphatic carbocycles. The number of ketones is 1. The summed E-state index contributed by atoms with van der Waals surface area (Å²) >= 11 is 25.8. The molecule has 0 aromatic heterocycles. The van der Waals surface area contributed by atoms with Crippen molar-refractivity contribution in [3.8, 4) is 0 Å². The lowest BCUT2D eigenvalue weighted by atomic mass is 9.60. The van der Waals surface area contributed by atoms with Crippen LogP contribution >= 0.6 is 46.4 Å². The molecule has 3 heterocycles. The first-order chi connectivity index (χ1) is 25.7. The zero-order chi connectivity index (χ0) is 36.4. The van der Waals surface area contributed by atoms with E-state index in [0.717, 1.165) is 27.8 Å². The van der Waals surface area contributed by atoms with Crippen LogP contribution in [0.15, 0.2) is 152 Å². The van der Waals surface area contributed by atoms with Crippen LogP contribution in [0.1, 0.15) is 51.0 Å². The van der Waals surface area contributed by atoms with Crippen LogP contribution < -0.4 is 4.90 Å². The predicted molar refractivity (Wildman–Crippen MR) is 208 cm³/mol. The average Bonchev–Trinajstić information content (AvgIpc) is 3.51. The highest BCUT2D eigenvalue weighted by molar-refractivity contribution is 6.31.